The molecule has 0 heterocycles. The Hall–Kier alpha value is -0.860. The van der Waals surface area contributed by atoms with Crippen LogP contribution in [-0.4, -0.2) is 31.1 Å². The van der Waals surface area contributed by atoms with Crippen molar-refractivity contribution in [2.24, 2.45) is 5.92 Å². The van der Waals surface area contributed by atoms with Gasteiger partial charge in [-0.2, -0.15) is 0 Å². The van der Waals surface area contributed by atoms with Crippen molar-refractivity contribution in [3.63, 3.8) is 0 Å². The van der Waals surface area contributed by atoms with Crippen molar-refractivity contribution >= 4 is 0 Å². The molecule has 1 aromatic rings. The maximum absolute atomic E-state index is 3.58. The Morgan fingerprint density at radius 3 is 2.68 bits per heavy atom. The fourth-order valence-corrected chi connectivity index (χ4v) is 3.61. The summed E-state index contributed by atoms with van der Waals surface area (Å²) in [5, 5.41) is 3.58. The average Bonchev–Trinajstić information content (AvgIpc) is 3.27. The van der Waals surface area contributed by atoms with Crippen molar-refractivity contribution < 1.29 is 0 Å². The number of benzene rings is 1. The molecule has 2 aliphatic rings. The van der Waals surface area contributed by atoms with E-state index < -0.39 is 0 Å². The molecule has 1 fully saturated rings. The van der Waals surface area contributed by atoms with Gasteiger partial charge < -0.3 is 5.32 Å². The number of nitrogens with one attached hydrogen (secondary N) is 1. The van der Waals surface area contributed by atoms with Crippen molar-refractivity contribution in [2.45, 2.75) is 44.7 Å². The second kappa shape index (κ2) is 5.64. The lowest BCUT2D eigenvalue weighted by Crippen LogP contribution is -2.47. The van der Waals surface area contributed by atoms with Crippen molar-refractivity contribution in [3.05, 3.63) is 35.4 Å². The number of hydrogen-bond acceptors (Lipinski definition) is 2. The van der Waals surface area contributed by atoms with Crippen LogP contribution < -0.4 is 5.32 Å². The number of nitrogens with zero attached hydrogens (tertiary/aromatic N) is 1. The number of fused-ring (bicyclic) bond motifs is 1. The van der Waals surface area contributed by atoms with Crippen LogP contribution in [0.3, 0.4) is 0 Å². The van der Waals surface area contributed by atoms with Gasteiger partial charge in [0.2, 0.25) is 0 Å². The summed E-state index contributed by atoms with van der Waals surface area (Å²) < 4.78 is 0. The van der Waals surface area contributed by atoms with Crippen LogP contribution in [0.4, 0.5) is 0 Å². The molecule has 0 amide bonds. The Bertz CT molecular complexity index is 425. The van der Waals surface area contributed by atoms with E-state index in [1.165, 1.54) is 44.3 Å². The molecule has 2 unspecified atom stereocenters. The van der Waals surface area contributed by atoms with E-state index in [4.69, 9.17) is 0 Å². The van der Waals surface area contributed by atoms with Crippen LogP contribution in [0.2, 0.25) is 0 Å². The van der Waals surface area contributed by atoms with E-state index in [0.29, 0.717) is 12.1 Å². The van der Waals surface area contributed by atoms with Crippen molar-refractivity contribution in [1.82, 2.24) is 10.2 Å². The molecule has 3 rings (SSSR count). The zero-order chi connectivity index (χ0) is 13.2. The third kappa shape index (κ3) is 2.70. The van der Waals surface area contributed by atoms with Gasteiger partial charge in [0.15, 0.2) is 0 Å². The van der Waals surface area contributed by atoms with Gasteiger partial charge in [0.05, 0.1) is 0 Å². The minimum atomic E-state index is 0.503. The van der Waals surface area contributed by atoms with Crippen LogP contribution in [0, 0.1) is 5.92 Å². The van der Waals surface area contributed by atoms with Gasteiger partial charge in [-0.05, 0) is 56.3 Å². The highest BCUT2D eigenvalue weighted by atomic mass is 15.2. The lowest BCUT2D eigenvalue weighted by atomic mass is 9.83. The maximum atomic E-state index is 3.58. The molecule has 2 heteroatoms. The molecule has 1 saturated carbocycles. The van der Waals surface area contributed by atoms with Crippen molar-refractivity contribution in [1.29, 1.82) is 0 Å². The number of rotatable bonds is 5. The van der Waals surface area contributed by atoms with E-state index in [0.717, 1.165) is 5.92 Å². The van der Waals surface area contributed by atoms with Crippen LogP contribution in [0.15, 0.2) is 24.3 Å². The fourth-order valence-electron chi connectivity index (χ4n) is 3.61. The molecule has 2 atom stereocenters. The second-order valence-electron chi connectivity index (χ2n) is 6.10. The fraction of sp³-hybridized carbons (Fsp3) is 0.647. The normalized spacial score (nSPS) is 26.5. The summed E-state index contributed by atoms with van der Waals surface area (Å²) in [7, 11) is 2.12. The first-order chi connectivity index (χ1) is 9.33. The van der Waals surface area contributed by atoms with E-state index >= 15 is 0 Å². The largest absolute Gasteiger partial charge is 0.312 e. The van der Waals surface area contributed by atoms with Gasteiger partial charge in [0.1, 0.15) is 0 Å². The van der Waals surface area contributed by atoms with Crippen LogP contribution in [0.1, 0.15) is 43.4 Å². The van der Waals surface area contributed by atoms with E-state index in [1.807, 2.05) is 0 Å². The minimum absolute atomic E-state index is 0.503. The maximum Gasteiger partial charge on any atom is 0.0478 e. The summed E-state index contributed by atoms with van der Waals surface area (Å²) in [5.41, 5.74) is 3.07. The molecule has 0 saturated heterocycles. The van der Waals surface area contributed by atoms with Crippen LogP contribution in [0.25, 0.3) is 0 Å². The summed E-state index contributed by atoms with van der Waals surface area (Å²) in [5.74, 6) is 0.981. The van der Waals surface area contributed by atoms with E-state index in [2.05, 4.69) is 48.5 Å². The predicted octanol–water partition coefficient (Wildman–Crippen LogP) is 2.99. The first-order valence-corrected chi connectivity index (χ1v) is 7.82. The van der Waals surface area contributed by atoms with E-state index in [9.17, 15) is 0 Å². The number of likely N-dealkylation sites (N-methyl/N-ethyl adjacent to an activating group) is 2. The second-order valence-corrected chi connectivity index (χ2v) is 6.10. The molecule has 0 radical (unpaired) electrons. The molecule has 0 bridgehead atoms. The average molecular weight is 258 g/mol. The Balaban J connectivity index is 1.81. The van der Waals surface area contributed by atoms with Crippen LogP contribution >= 0.6 is 0 Å². The van der Waals surface area contributed by atoms with Gasteiger partial charge in [0, 0.05) is 18.6 Å². The summed E-state index contributed by atoms with van der Waals surface area (Å²) >= 11 is 0. The summed E-state index contributed by atoms with van der Waals surface area (Å²) in [6.45, 7) is 4.80. The molecule has 19 heavy (non-hydrogen) atoms. The van der Waals surface area contributed by atoms with E-state index in [1.54, 1.807) is 5.56 Å². The first-order valence-electron chi connectivity index (χ1n) is 7.82. The zero-order valence-corrected chi connectivity index (χ0v) is 12.2. The molecule has 0 aromatic heterocycles. The number of hydrogen-bond donors (Lipinski definition) is 1. The van der Waals surface area contributed by atoms with Crippen molar-refractivity contribution in [3.8, 4) is 0 Å². The van der Waals surface area contributed by atoms with Gasteiger partial charge in [-0.25, -0.2) is 0 Å². The van der Waals surface area contributed by atoms with Gasteiger partial charge in [-0.3, -0.25) is 4.90 Å². The van der Waals surface area contributed by atoms with E-state index in [-0.39, 0.29) is 0 Å². The van der Waals surface area contributed by atoms with Crippen LogP contribution in [0.5, 0.6) is 0 Å². The highest BCUT2D eigenvalue weighted by Crippen LogP contribution is 2.36. The molecular weight excluding hydrogens is 232 g/mol. The van der Waals surface area contributed by atoms with Gasteiger partial charge >= 0.3 is 0 Å². The molecule has 1 aromatic carbocycles. The summed E-state index contributed by atoms with van der Waals surface area (Å²) in [6, 6.07) is 10.1. The molecule has 1 N–H and O–H groups in total. The molecule has 104 valence electrons. The Morgan fingerprint density at radius 2 is 2.00 bits per heavy atom. The summed E-state index contributed by atoms with van der Waals surface area (Å²) in [4.78, 5) is 2.72. The SMILES string of the molecule is CCN(CC1CC1)C1CCc2ccccc2C1NC. The van der Waals surface area contributed by atoms with Crippen molar-refractivity contribution in [2.75, 3.05) is 20.1 Å². The van der Waals surface area contributed by atoms with Gasteiger partial charge in [0.25, 0.3) is 0 Å². The third-order valence-corrected chi connectivity index (χ3v) is 4.86. The van der Waals surface area contributed by atoms with Gasteiger partial charge in [-0.15, -0.1) is 0 Å². The lowest BCUT2D eigenvalue weighted by Gasteiger charge is -2.40. The predicted molar refractivity (Wildman–Crippen MR) is 80.3 cm³/mol. The Labute approximate surface area is 117 Å². The molecule has 2 aliphatic carbocycles. The van der Waals surface area contributed by atoms with Gasteiger partial charge in [-0.1, -0.05) is 31.2 Å². The zero-order valence-electron chi connectivity index (χ0n) is 12.2. The Morgan fingerprint density at radius 1 is 1.21 bits per heavy atom. The quantitative estimate of drug-likeness (QED) is 0.873. The first kappa shape index (κ1) is 13.1. The molecule has 0 aliphatic heterocycles. The smallest absolute Gasteiger partial charge is 0.0478 e. The molecular formula is C17H26N2. The third-order valence-electron chi connectivity index (χ3n) is 4.86. The standard InChI is InChI=1S/C17H26N2/c1-3-19(12-13-8-9-13)16-11-10-14-6-4-5-7-15(14)17(16)18-2/h4-7,13,16-18H,3,8-12H2,1-2H3. The molecule has 2 nitrogen and oxygen atoms in total. The highest BCUT2D eigenvalue weighted by Gasteiger charge is 2.34. The minimum Gasteiger partial charge on any atom is -0.312 e. The Kier molecular flexibility index (Phi) is 3.90. The van der Waals surface area contributed by atoms with Crippen LogP contribution in [-0.2, 0) is 6.42 Å². The highest BCUT2D eigenvalue weighted by molar-refractivity contribution is 5.34. The molecule has 0 spiro atoms. The number of aryl methyl sites for hydroxylation is 1. The summed E-state index contributed by atoms with van der Waals surface area (Å²) in [6.07, 6.45) is 5.43. The monoisotopic (exact) mass is 258 g/mol. The topological polar surface area (TPSA) is 15.3 Å². The lowest BCUT2D eigenvalue weighted by molar-refractivity contribution is 0.144.